The fraction of sp³-hybridized carbons (Fsp3) is 0.211. The van der Waals surface area contributed by atoms with Crippen LogP contribution < -0.4 is 15.4 Å². The van der Waals surface area contributed by atoms with Crippen LogP contribution in [0.15, 0.2) is 42.5 Å². The zero-order valence-electron chi connectivity index (χ0n) is 16.7. The number of methoxy groups -OCH3 is 1. The number of anilines is 2. The van der Waals surface area contributed by atoms with Gasteiger partial charge in [-0.05, 0) is 18.2 Å². The molecule has 13 heteroatoms. The van der Waals surface area contributed by atoms with E-state index >= 15 is 0 Å². The van der Waals surface area contributed by atoms with Crippen LogP contribution in [0.4, 0.5) is 22.7 Å². The van der Waals surface area contributed by atoms with Gasteiger partial charge in [0.05, 0.1) is 23.4 Å². The zero-order chi connectivity index (χ0) is 23.7. The number of rotatable bonds is 10. The van der Waals surface area contributed by atoms with Crippen LogP contribution in [0.5, 0.6) is 5.75 Å². The Morgan fingerprint density at radius 3 is 2.19 bits per heavy atom. The SMILES string of the molecule is COc1ccc([N+](=O)[O-])c(NC(=O)COC(=O)CCC(=O)Nc2ccc([N+](=O)[O-])cc2)c1. The van der Waals surface area contributed by atoms with Crippen molar-refractivity contribution in [1.29, 1.82) is 0 Å². The van der Waals surface area contributed by atoms with Crippen molar-refractivity contribution >= 4 is 40.5 Å². The van der Waals surface area contributed by atoms with Crippen molar-refractivity contribution in [2.24, 2.45) is 0 Å². The monoisotopic (exact) mass is 446 g/mol. The Hall–Kier alpha value is -4.55. The summed E-state index contributed by atoms with van der Waals surface area (Å²) < 4.78 is 9.72. The van der Waals surface area contributed by atoms with Gasteiger partial charge in [-0.2, -0.15) is 0 Å². The molecule has 168 valence electrons. The maximum atomic E-state index is 12.0. The number of ether oxygens (including phenoxy) is 2. The molecule has 0 aliphatic rings. The molecule has 0 spiro atoms. The van der Waals surface area contributed by atoms with E-state index < -0.39 is 34.2 Å². The van der Waals surface area contributed by atoms with Gasteiger partial charge in [-0.25, -0.2) is 0 Å². The van der Waals surface area contributed by atoms with Gasteiger partial charge in [0.1, 0.15) is 11.4 Å². The molecule has 0 unspecified atom stereocenters. The van der Waals surface area contributed by atoms with Gasteiger partial charge in [0.25, 0.3) is 17.3 Å². The van der Waals surface area contributed by atoms with Crippen molar-refractivity contribution in [3.8, 4) is 5.75 Å². The van der Waals surface area contributed by atoms with E-state index in [4.69, 9.17) is 9.47 Å². The Balaban J connectivity index is 1.79. The number of amides is 2. The molecule has 0 heterocycles. The van der Waals surface area contributed by atoms with E-state index in [1.165, 1.54) is 43.5 Å². The van der Waals surface area contributed by atoms with Gasteiger partial charge in [0.15, 0.2) is 6.61 Å². The number of benzene rings is 2. The van der Waals surface area contributed by atoms with Crippen LogP contribution in [0.2, 0.25) is 0 Å². The summed E-state index contributed by atoms with van der Waals surface area (Å²) >= 11 is 0. The summed E-state index contributed by atoms with van der Waals surface area (Å²) in [5, 5.41) is 26.4. The van der Waals surface area contributed by atoms with Gasteiger partial charge in [-0.3, -0.25) is 34.6 Å². The maximum Gasteiger partial charge on any atom is 0.306 e. The first-order valence-electron chi connectivity index (χ1n) is 9.02. The summed E-state index contributed by atoms with van der Waals surface area (Å²) in [6, 6.07) is 8.89. The number of nitro benzene ring substituents is 2. The molecule has 0 saturated heterocycles. The zero-order valence-corrected chi connectivity index (χ0v) is 16.7. The quantitative estimate of drug-likeness (QED) is 0.315. The predicted octanol–water partition coefficient (Wildman–Crippen LogP) is 2.41. The second-order valence-corrected chi connectivity index (χ2v) is 6.20. The lowest BCUT2D eigenvalue weighted by Gasteiger charge is -2.09. The highest BCUT2D eigenvalue weighted by Gasteiger charge is 2.18. The number of carbonyl (C=O) groups excluding carboxylic acids is 3. The van der Waals surface area contributed by atoms with E-state index in [0.717, 1.165) is 6.07 Å². The highest BCUT2D eigenvalue weighted by molar-refractivity contribution is 5.96. The van der Waals surface area contributed by atoms with E-state index in [9.17, 15) is 34.6 Å². The Morgan fingerprint density at radius 1 is 0.906 bits per heavy atom. The van der Waals surface area contributed by atoms with Crippen molar-refractivity contribution in [3.63, 3.8) is 0 Å². The number of carbonyl (C=O) groups is 3. The highest BCUT2D eigenvalue weighted by atomic mass is 16.6. The molecule has 0 fully saturated rings. The first-order chi connectivity index (χ1) is 15.2. The summed E-state index contributed by atoms with van der Waals surface area (Å²) in [6.45, 7) is -0.711. The van der Waals surface area contributed by atoms with Crippen LogP contribution in [-0.2, 0) is 19.1 Å². The lowest BCUT2D eigenvalue weighted by atomic mass is 10.2. The maximum absolute atomic E-state index is 12.0. The molecule has 2 N–H and O–H groups in total. The van der Waals surface area contributed by atoms with Crippen LogP contribution in [-0.4, -0.2) is 41.3 Å². The van der Waals surface area contributed by atoms with Crippen LogP contribution in [0.3, 0.4) is 0 Å². The predicted molar refractivity (Wildman–Crippen MR) is 110 cm³/mol. The number of nitrogens with one attached hydrogen (secondary N) is 2. The molecule has 13 nitrogen and oxygen atoms in total. The van der Waals surface area contributed by atoms with Gasteiger partial charge < -0.3 is 20.1 Å². The second-order valence-electron chi connectivity index (χ2n) is 6.20. The van der Waals surface area contributed by atoms with Crippen LogP contribution >= 0.6 is 0 Å². The molecule has 0 bridgehead atoms. The molecule has 0 aliphatic carbocycles. The van der Waals surface area contributed by atoms with E-state index in [1.54, 1.807) is 0 Å². The molecule has 2 aromatic carbocycles. The smallest absolute Gasteiger partial charge is 0.306 e. The van der Waals surface area contributed by atoms with E-state index in [1.807, 2.05) is 0 Å². The van der Waals surface area contributed by atoms with E-state index in [2.05, 4.69) is 10.6 Å². The molecule has 2 aromatic rings. The average Bonchev–Trinajstić information content (AvgIpc) is 2.76. The van der Waals surface area contributed by atoms with Crippen LogP contribution in [0.25, 0.3) is 0 Å². The Morgan fingerprint density at radius 2 is 1.59 bits per heavy atom. The summed E-state index contributed by atoms with van der Waals surface area (Å²) in [5.74, 6) is -1.90. The minimum absolute atomic E-state index is 0.127. The van der Waals surface area contributed by atoms with Crippen molar-refractivity contribution < 1.29 is 33.7 Å². The van der Waals surface area contributed by atoms with Crippen molar-refractivity contribution in [3.05, 3.63) is 62.7 Å². The summed E-state index contributed by atoms with van der Waals surface area (Å²) in [6.07, 6.45) is -0.579. The molecule has 0 atom stereocenters. The molecule has 0 aliphatic heterocycles. The normalized spacial score (nSPS) is 10.0. The van der Waals surface area contributed by atoms with Crippen molar-refractivity contribution in [2.45, 2.75) is 12.8 Å². The standard InChI is InChI=1S/C19H18N4O9/c1-31-14-6-7-16(23(29)30)15(10-14)21-18(25)11-32-19(26)9-8-17(24)20-12-2-4-13(5-3-12)22(27)28/h2-7,10H,8-9,11H2,1H3,(H,20,24)(H,21,25). The Labute approximate surface area is 180 Å². The molecule has 0 saturated carbocycles. The van der Waals surface area contributed by atoms with Crippen molar-refractivity contribution in [1.82, 2.24) is 0 Å². The highest BCUT2D eigenvalue weighted by Crippen LogP contribution is 2.28. The third-order valence-electron chi connectivity index (χ3n) is 3.96. The molecule has 0 aromatic heterocycles. The Bertz CT molecular complexity index is 1040. The van der Waals surface area contributed by atoms with Gasteiger partial charge in [-0.1, -0.05) is 0 Å². The molecule has 2 rings (SSSR count). The number of nitrogens with zero attached hydrogens (tertiary/aromatic N) is 2. The van der Waals surface area contributed by atoms with Crippen molar-refractivity contribution in [2.75, 3.05) is 24.4 Å². The molecule has 32 heavy (non-hydrogen) atoms. The number of hydrogen-bond donors (Lipinski definition) is 2. The van der Waals surface area contributed by atoms with Gasteiger partial charge >= 0.3 is 5.97 Å². The summed E-state index contributed by atoms with van der Waals surface area (Å²) in [4.78, 5) is 56.0. The largest absolute Gasteiger partial charge is 0.497 e. The van der Waals surface area contributed by atoms with Crippen LogP contribution in [0.1, 0.15) is 12.8 Å². The van der Waals surface area contributed by atoms with Gasteiger partial charge in [0.2, 0.25) is 5.91 Å². The third-order valence-corrected chi connectivity index (χ3v) is 3.96. The number of esters is 1. The lowest BCUT2D eigenvalue weighted by molar-refractivity contribution is -0.384. The minimum atomic E-state index is -0.834. The van der Waals surface area contributed by atoms with Gasteiger partial charge in [-0.15, -0.1) is 0 Å². The number of non-ortho nitro benzene ring substituents is 1. The molecule has 2 amide bonds. The number of hydrogen-bond acceptors (Lipinski definition) is 9. The first-order valence-corrected chi connectivity index (χ1v) is 9.02. The lowest BCUT2D eigenvalue weighted by Crippen LogP contribution is -2.22. The Kier molecular flexibility index (Phi) is 8.16. The second kappa shape index (κ2) is 11.0. The fourth-order valence-electron chi connectivity index (χ4n) is 2.41. The van der Waals surface area contributed by atoms with Gasteiger partial charge in [0, 0.05) is 36.4 Å². The average molecular weight is 446 g/mol. The minimum Gasteiger partial charge on any atom is -0.497 e. The van der Waals surface area contributed by atoms with Crippen LogP contribution in [0, 0.1) is 20.2 Å². The van der Waals surface area contributed by atoms with E-state index in [0.29, 0.717) is 5.69 Å². The molecular weight excluding hydrogens is 428 g/mol. The summed E-state index contributed by atoms with van der Waals surface area (Å²) in [5.41, 5.74) is -0.316. The number of nitro groups is 2. The summed E-state index contributed by atoms with van der Waals surface area (Å²) in [7, 11) is 1.35. The first kappa shape index (κ1) is 23.7. The third kappa shape index (κ3) is 7.05. The fourth-order valence-corrected chi connectivity index (χ4v) is 2.41. The molecular formula is C19H18N4O9. The molecule has 0 radical (unpaired) electrons. The topological polar surface area (TPSA) is 180 Å². The van der Waals surface area contributed by atoms with E-state index in [-0.39, 0.29) is 35.7 Å².